The third-order valence-electron chi connectivity index (χ3n) is 14.8. The van der Waals surface area contributed by atoms with Gasteiger partial charge < -0.3 is 64.5 Å². The zero-order valence-corrected chi connectivity index (χ0v) is 31.1. The quantitative estimate of drug-likeness (QED) is 0.173. The van der Waals surface area contributed by atoms with Crippen molar-refractivity contribution in [3.05, 3.63) is 23.3 Å². The second-order valence-corrected chi connectivity index (χ2v) is 17.7. The molecular weight excluding hydrogens is 676 g/mol. The van der Waals surface area contributed by atoms with Gasteiger partial charge in [0.15, 0.2) is 18.9 Å². The molecule has 21 atom stereocenters. The van der Waals surface area contributed by atoms with E-state index < -0.39 is 74.3 Å². The smallest absolute Gasteiger partial charge is 0.187 e. The third-order valence-corrected chi connectivity index (χ3v) is 14.8. The van der Waals surface area contributed by atoms with Crippen LogP contribution in [0.4, 0.5) is 0 Å². The standard InChI is InChI=1S/C39H62O13/c1-17(2)12-23-18(3)28-26(50-35(23)47)14-25-22-7-6-20-13-21(8-10-38(20,5)24(22)9-11-39(25,28)16-41)49-37-34(32(45)30(43)27(15-40)51-37)52-36-33(46)31(44)29(42)19(4)48-36/h6,12,18-19,21-37,40-47H,7-11,13-16H2,1-5H3/t18-,19+,21+,22-,23-,24+,25+,26+,27-,28+,29+,30-,31-,32+,33-,34-,35+,36+,37-,38+,39-/m1/s1. The van der Waals surface area contributed by atoms with Crippen molar-refractivity contribution in [3.8, 4) is 0 Å². The maximum atomic E-state index is 11.2. The van der Waals surface area contributed by atoms with Crippen LogP contribution in [0, 0.1) is 46.3 Å². The number of ether oxygens (including phenoxy) is 5. The molecule has 7 aliphatic rings. The van der Waals surface area contributed by atoms with Crippen LogP contribution in [-0.4, -0.2) is 134 Å². The normalized spacial score (nSPS) is 54.6. The molecule has 52 heavy (non-hydrogen) atoms. The Morgan fingerprint density at radius 3 is 2.31 bits per heavy atom. The van der Waals surface area contributed by atoms with Gasteiger partial charge in [0.1, 0.15) is 42.7 Å². The lowest BCUT2D eigenvalue weighted by atomic mass is 9.46. The SMILES string of the molecule is CC(C)=C[C@@H]1[C@@H](C)[C@H]2[C@H](C[C@H]3[C@@H]4CC=C5C[C@@H](O[C@@H]6O[C@H](CO)[C@@H](O)[C@H](O)[C@H]6O[C@@H]6O[C@@H](C)[C@H](O)[C@@H](O)[C@H]6O)CC[C@]5(C)[C@H]4CC[C@]23CO)O[C@@H]1O. The van der Waals surface area contributed by atoms with E-state index in [1.165, 1.54) is 12.5 Å². The number of hydrogen-bond donors (Lipinski definition) is 8. The topological polar surface area (TPSA) is 208 Å². The van der Waals surface area contributed by atoms with Gasteiger partial charge in [-0.25, -0.2) is 0 Å². The van der Waals surface area contributed by atoms with Gasteiger partial charge in [-0.2, -0.15) is 0 Å². The Bertz CT molecular complexity index is 1340. The zero-order valence-electron chi connectivity index (χ0n) is 31.1. The first-order chi connectivity index (χ1) is 24.6. The summed E-state index contributed by atoms with van der Waals surface area (Å²) in [5.41, 5.74) is 2.14. The summed E-state index contributed by atoms with van der Waals surface area (Å²) >= 11 is 0. The molecule has 3 aliphatic heterocycles. The second kappa shape index (κ2) is 14.8. The average Bonchev–Trinajstić information content (AvgIpc) is 3.45. The highest BCUT2D eigenvalue weighted by Crippen LogP contribution is 2.69. The molecule has 13 heteroatoms. The Kier molecular flexibility index (Phi) is 11.2. The minimum Gasteiger partial charge on any atom is -0.396 e. The summed E-state index contributed by atoms with van der Waals surface area (Å²) < 4.78 is 30.4. The molecule has 3 saturated carbocycles. The second-order valence-electron chi connectivity index (χ2n) is 17.7. The van der Waals surface area contributed by atoms with E-state index in [1.54, 1.807) is 0 Å². The van der Waals surface area contributed by atoms with Crippen LogP contribution in [-0.2, 0) is 23.7 Å². The fourth-order valence-corrected chi connectivity index (χ4v) is 12.0. The number of rotatable bonds is 7. The molecule has 8 N–H and O–H groups in total. The molecule has 0 spiro atoms. The number of fused-ring (bicyclic) bond motifs is 7. The van der Waals surface area contributed by atoms with Crippen LogP contribution in [0.5, 0.6) is 0 Å². The molecule has 6 fully saturated rings. The molecule has 0 amide bonds. The van der Waals surface area contributed by atoms with Crippen LogP contribution >= 0.6 is 0 Å². The number of aliphatic hydroxyl groups excluding tert-OH is 8. The fraction of sp³-hybridized carbons (Fsp3) is 0.897. The Hall–Kier alpha value is -1.04. The van der Waals surface area contributed by atoms with E-state index in [2.05, 4.69) is 26.0 Å². The molecule has 0 aromatic rings. The molecule has 4 aliphatic carbocycles. The molecule has 0 bridgehead atoms. The fourth-order valence-electron chi connectivity index (χ4n) is 12.0. The highest BCUT2D eigenvalue weighted by atomic mass is 16.8. The third kappa shape index (κ3) is 6.37. The predicted molar refractivity (Wildman–Crippen MR) is 185 cm³/mol. The number of allylic oxidation sites excluding steroid dienone is 2. The zero-order chi connectivity index (χ0) is 37.4. The molecule has 7 rings (SSSR count). The van der Waals surface area contributed by atoms with Crippen LogP contribution in [0.1, 0.15) is 79.6 Å². The summed E-state index contributed by atoms with van der Waals surface area (Å²) in [4.78, 5) is 0. The molecule has 0 aromatic heterocycles. The summed E-state index contributed by atoms with van der Waals surface area (Å²) in [5, 5.41) is 85.1. The van der Waals surface area contributed by atoms with Crippen molar-refractivity contribution in [1.82, 2.24) is 0 Å². The summed E-state index contributed by atoms with van der Waals surface area (Å²) in [6.07, 6.45) is -4.58. The van der Waals surface area contributed by atoms with Gasteiger partial charge in [0.2, 0.25) is 0 Å². The molecule has 3 saturated heterocycles. The van der Waals surface area contributed by atoms with Crippen LogP contribution in [0.3, 0.4) is 0 Å². The van der Waals surface area contributed by atoms with Crippen LogP contribution in [0.2, 0.25) is 0 Å². The van der Waals surface area contributed by atoms with Crippen LogP contribution in [0.15, 0.2) is 23.3 Å². The average molecular weight is 739 g/mol. The first-order valence-corrected chi connectivity index (χ1v) is 19.6. The van der Waals surface area contributed by atoms with E-state index >= 15 is 0 Å². The molecule has 296 valence electrons. The van der Waals surface area contributed by atoms with Gasteiger partial charge in [-0.05, 0) is 101 Å². The van der Waals surface area contributed by atoms with E-state index in [0.29, 0.717) is 24.7 Å². The van der Waals surface area contributed by atoms with Crippen molar-refractivity contribution in [2.45, 2.75) is 159 Å². The van der Waals surface area contributed by atoms with Crippen LogP contribution in [0.25, 0.3) is 0 Å². The first kappa shape index (κ1) is 39.2. The molecular formula is C39H62O13. The summed E-state index contributed by atoms with van der Waals surface area (Å²) in [6.45, 7) is 9.77. The lowest BCUT2D eigenvalue weighted by Gasteiger charge is -2.59. The van der Waals surface area contributed by atoms with E-state index in [4.69, 9.17) is 23.7 Å². The minimum absolute atomic E-state index is 0.0748. The van der Waals surface area contributed by atoms with Crippen molar-refractivity contribution in [3.63, 3.8) is 0 Å². The van der Waals surface area contributed by atoms with Crippen molar-refractivity contribution in [2.75, 3.05) is 13.2 Å². The molecule has 0 aromatic carbocycles. The highest BCUT2D eigenvalue weighted by molar-refractivity contribution is 5.26. The van der Waals surface area contributed by atoms with Crippen molar-refractivity contribution < 1.29 is 64.5 Å². The van der Waals surface area contributed by atoms with Gasteiger partial charge in [-0.15, -0.1) is 0 Å². The Labute approximate surface area is 306 Å². The van der Waals surface area contributed by atoms with Gasteiger partial charge in [0, 0.05) is 17.9 Å². The Morgan fingerprint density at radius 2 is 1.62 bits per heavy atom. The number of aliphatic hydroxyl groups is 8. The van der Waals surface area contributed by atoms with Crippen LogP contribution < -0.4 is 0 Å². The highest BCUT2D eigenvalue weighted by Gasteiger charge is 2.66. The largest absolute Gasteiger partial charge is 0.396 e. The van der Waals surface area contributed by atoms with E-state index in [0.717, 1.165) is 37.7 Å². The summed E-state index contributed by atoms with van der Waals surface area (Å²) in [5.74, 6) is 1.34. The molecule has 13 nitrogen and oxygen atoms in total. The predicted octanol–water partition coefficient (Wildman–Crippen LogP) is 1.12. The van der Waals surface area contributed by atoms with Gasteiger partial charge in [0.05, 0.1) is 24.9 Å². The maximum Gasteiger partial charge on any atom is 0.187 e. The first-order valence-electron chi connectivity index (χ1n) is 19.6. The van der Waals surface area contributed by atoms with E-state index in [1.807, 2.05) is 13.8 Å². The Balaban J connectivity index is 1.08. The van der Waals surface area contributed by atoms with Gasteiger partial charge >= 0.3 is 0 Å². The number of hydrogen-bond acceptors (Lipinski definition) is 13. The van der Waals surface area contributed by atoms with E-state index in [-0.39, 0.29) is 53.3 Å². The lowest BCUT2D eigenvalue weighted by Crippen LogP contribution is -2.64. The lowest BCUT2D eigenvalue weighted by molar-refractivity contribution is -0.369. The summed E-state index contributed by atoms with van der Waals surface area (Å²) in [6, 6.07) is 0. The van der Waals surface area contributed by atoms with Gasteiger partial charge in [0.25, 0.3) is 0 Å². The maximum absolute atomic E-state index is 11.2. The Morgan fingerprint density at radius 1 is 0.865 bits per heavy atom. The molecule has 0 radical (unpaired) electrons. The van der Waals surface area contributed by atoms with Gasteiger partial charge in [-0.3, -0.25) is 0 Å². The monoisotopic (exact) mass is 738 g/mol. The minimum atomic E-state index is -1.63. The van der Waals surface area contributed by atoms with Crippen molar-refractivity contribution in [2.24, 2.45) is 46.3 Å². The van der Waals surface area contributed by atoms with Gasteiger partial charge in [-0.1, -0.05) is 37.1 Å². The van der Waals surface area contributed by atoms with Crippen molar-refractivity contribution >= 4 is 0 Å². The molecule has 3 heterocycles. The van der Waals surface area contributed by atoms with E-state index in [9.17, 15) is 40.9 Å². The summed E-state index contributed by atoms with van der Waals surface area (Å²) in [7, 11) is 0. The molecule has 0 unspecified atom stereocenters. The van der Waals surface area contributed by atoms with Crippen molar-refractivity contribution in [1.29, 1.82) is 0 Å².